The highest BCUT2D eigenvalue weighted by atomic mass is 19.1. The van der Waals surface area contributed by atoms with Crippen molar-refractivity contribution in [3.8, 4) is 11.3 Å². The first kappa shape index (κ1) is 24.9. The molecule has 0 unspecified atom stereocenters. The summed E-state index contributed by atoms with van der Waals surface area (Å²) < 4.78 is 14.7. The lowest BCUT2D eigenvalue weighted by Gasteiger charge is -2.19. The molecule has 0 spiro atoms. The number of hydrogen-bond acceptors (Lipinski definition) is 4. The summed E-state index contributed by atoms with van der Waals surface area (Å²) in [5.41, 5.74) is 4.77. The number of carbonyl (C=O) groups is 1. The zero-order valence-electron chi connectivity index (χ0n) is 21.0. The molecule has 36 heavy (non-hydrogen) atoms. The zero-order valence-corrected chi connectivity index (χ0v) is 21.0. The molecule has 4 aromatic rings. The molecule has 184 valence electrons. The zero-order chi connectivity index (χ0) is 26.0. The molecule has 0 radical (unpaired) electrons. The third kappa shape index (κ3) is 5.35. The van der Waals surface area contributed by atoms with Gasteiger partial charge in [0.25, 0.3) is 11.5 Å². The fourth-order valence-corrected chi connectivity index (χ4v) is 3.85. The van der Waals surface area contributed by atoms with Gasteiger partial charge in [-0.1, -0.05) is 45.0 Å². The van der Waals surface area contributed by atoms with Gasteiger partial charge in [-0.2, -0.15) is 0 Å². The van der Waals surface area contributed by atoms with Crippen LogP contribution in [0.3, 0.4) is 0 Å². The Kier molecular flexibility index (Phi) is 6.75. The Hall–Kier alpha value is -4.26. The average Bonchev–Trinajstić information content (AvgIpc) is 2.84. The maximum absolute atomic E-state index is 13.3. The summed E-state index contributed by atoms with van der Waals surface area (Å²) in [5.74, 6) is -0.452. The van der Waals surface area contributed by atoms with Crippen LogP contribution in [0.1, 0.15) is 42.3 Å². The highest BCUT2D eigenvalue weighted by Gasteiger charge is 2.16. The Balaban J connectivity index is 1.63. The van der Waals surface area contributed by atoms with E-state index < -0.39 is 0 Å². The van der Waals surface area contributed by atoms with E-state index in [9.17, 15) is 14.0 Å². The molecule has 4 rings (SSSR count). The van der Waals surface area contributed by atoms with Gasteiger partial charge in [0.2, 0.25) is 0 Å². The van der Waals surface area contributed by atoms with Crippen LogP contribution in [0, 0.1) is 12.7 Å². The van der Waals surface area contributed by atoms with Crippen LogP contribution in [-0.4, -0.2) is 15.5 Å². The number of benzene rings is 3. The largest absolute Gasteiger partial charge is 0.336 e. The topological polar surface area (TPSA) is 76.0 Å². The number of anilines is 3. The maximum Gasteiger partial charge on any atom is 0.293 e. The second-order valence-corrected chi connectivity index (χ2v) is 9.78. The van der Waals surface area contributed by atoms with Crippen LogP contribution in [0.4, 0.5) is 21.6 Å². The number of amides is 1. The standard InChI is InChI=1S/C29H29FN4O2/c1-18-23(25-17-34(5)28(36)26(32-25)31-22-15-13-21(30)14-16-22)7-6-8-24(18)33-27(35)19-9-11-20(12-10-19)29(2,3)4/h6-17H,1-5H3,(H,31,32)(H,33,35). The second kappa shape index (κ2) is 9.77. The number of nitrogens with one attached hydrogen (secondary N) is 2. The molecule has 0 fully saturated rings. The van der Waals surface area contributed by atoms with E-state index in [1.807, 2.05) is 49.4 Å². The molecule has 2 N–H and O–H groups in total. The van der Waals surface area contributed by atoms with Crippen LogP contribution in [0.15, 0.2) is 77.7 Å². The van der Waals surface area contributed by atoms with Gasteiger partial charge in [-0.25, -0.2) is 9.37 Å². The van der Waals surface area contributed by atoms with Crippen molar-refractivity contribution in [2.24, 2.45) is 7.05 Å². The van der Waals surface area contributed by atoms with Crippen molar-refractivity contribution in [3.05, 3.63) is 106 Å². The van der Waals surface area contributed by atoms with Gasteiger partial charge >= 0.3 is 0 Å². The summed E-state index contributed by atoms with van der Waals surface area (Å²) in [6.07, 6.45) is 1.65. The van der Waals surface area contributed by atoms with E-state index in [2.05, 4.69) is 36.4 Å². The molecule has 0 bridgehead atoms. The molecule has 1 aromatic heterocycles. The molecule has 0 atom stereocenters. The quantitative estimate of drug-likeness (QED) is 0.354. The van der Waals surface area contributed by atoms with Gasteiger partial charge in [0, 0.05) is 35.7 Å². The third-order valence-corrected chi connectivity index (χ3v) is 6.05. The molecule has 0 aliphatic carbocycles. The van der Waals surface area contributed by atoms with Crippen molar-refractivity contribution in [3.63, 3.8) is 0 Å². The molecule has 7 heteroatoms. The van der Waals surface area contributed by atoms with E-state index in [1.54, 1.807) is 25.4 Å². The third-order valence-electron chi connectivity index (χ3n) is 6.05. The number of halogens is 1. The van der Waals surface area contributed by atoms with Crippen molar-refractivity contribution in [1.82, 2.24) is 9.55 Å². The Morgan fingerprint density at radius 2 is 1.64 bits per heavy atom. The predicted octanol–water partition coefficient (Wildman–Crippen LogP) is 6.19. The maximum atomic E-state index is 13.3. The molecular weight excluding hydrogens is 455 g/mol. The van der Waals surface area contributed by atoms with Gasteiger partial charge in [-0.15, -0.1) is 0 Å². The van der Waals surface area contributed by atoms with Crippen LogP contribution in [-0.2, 0) is 12.5 Å². The minimum Gasteiger partial charge on any atom is -0.336 e. The first-order valence-corrected chi connectivity index (χ1v) is 11.6. The minimum absolute atomic E-state index is 0.00706. The van der Waals surface area contributed by atoms with Crippen molar-refractivity contribution in [2.45, 2.75) is 33.1 Å². The Labute approximate surface area is 209 Å². The van der Waals surface area contributed by atoms with E-state index in [1.165, 1.54) is 16.7 Å². The fourth-order valence-electron chi connectivity index (χ4n) is 3.85. The van der Waals surface area contributed by atoms with Gasteiger partial charge in [-0.05, 0) is 65.9 Å². The molecule has 1 heterocycles. The number of aryl methyl sites for hydroxylation is 1. The lowest BCUT2D eigenvalue weighted by molar-refractivity contribution is 0.102. The molecule has 0 aliphatic rings. The van der Waals surface area contributed by atoms with Crippen LogP contribution < -0.4 is 16.2 Å². The van der Waals surface area contributed by atoms with Crippen LogP contribution in [0.5, 0.6) is 0 Å². The average molecular weight is 485 g/mol. The number of aromatic nitrogens is 2. The van der Waals surface area contributed by atoms with E-state index >= 15 is 0 Å². The summed E-state index contributed by atoms with van der Waals surface area (Å²) in [7, 11) is 1.64. The number of carbonyl (C=O) groups excluding carboxylic acids is 1. The van der Waals surface area contributed by atoms with Crippen molar-refractivity contribution in [1.29, 1.82) is 0 Å². The predicted molar refractivity (Wildman–Crippen MR) is 142 cm³/mol. The monoisotopic (exact) mass is 484 g/mol. The van der Waals surface area contributed by atoms with Gasteiger partial charge in [0.15, 0.2) is 5.82 Å². The number of hydrogen-bond donors (Lipinski definition) is 2. The fraction of sp³-hybridized carbons (Fsp3) is 0.207. The first-order chi connectivity index (χ1) is 17.0. The molecule has 3 aromatic carbocycles. The Morgan fingerprint density at radius 3 is 2.28 bits per heavy atom. The molecular formula is C29H29FN4O2. The highest BCUT2D eigenvalue weighted by molar-refractivity contribution is 6.05. The molecule has 0 saturated carbocycles. The van der Waals surface area contributed by atoms with E-state index in [0.29, 0.717) is 22.6 Å². The Morgan fingerprint density at radius 1 is 0.972 bits per heavy atom. The summed E-state index contributed by atoms with van der Waals surface area (Å²) in [6.45, 7) is 8.29. The second-order valence-electron chi connectivity index (χ2n) is 9.78. The van der Waals surface area contributed by atoms with E-state index in [4.69, 9.17) is 0 Å². The van der Waals surface area contributed by atoms with Crippen molar-refractivity contribution < 1.29 is 9.18 Å². The van der Waals surface area contributed by atoms with Gasteiger partial charge in [0.1, 0.15) is 5.82 Å². The number of nitrogens with zero attached hydrogens (tertiary/aromatic N) is 2. The molecule has 0 saturated heterocycles. The van der Waals surface area contributed by atoms with Gasteiger partial charge < -0.3 is 15.2 Å². The first-order valence-electron chi connectivity index (χ1n) is 11.6. The van der Waals surface area contributed by atoms with Crippen LogP contribution in [0.2, 0.25) is 0 Å². The molecule has 6 nitrogen and oxygen atoms in total. The highest BCUT2D eigenvalue weighted by Crippen LogP contribution is 2.29. The smallest absolute Gasteiger partial charge is 0.293 e. The lowest BCUT2D eigenvalue weighted by atomic mass is 9.86. The normalized spacial score (nSPS) is 11.3. The summed E-state index contributed by atoms with van der Waals surface area (Å²) in [6, 6.07) is 18.9. The van der Waals surface area contributed by atoms with Crippen molar-refractivity contribution in [2.75, 3.05) is 10.6 Å². The van der Waals surface area contributed by atoms with Crippen LogP contribution >= 0.6 is 0 Å². The Bertz CT molecular complexity index is 1470. The van der Waals surface area contributed by atoms with Gasteiger partial charge in [-0.3, -0.25) is 9.59 Å². The lowest BCUT2D eigenvalue weighted by Crippen LogP contribution is -2.21. The van der Waals surface area contributed by atoms with Crippen molar-refractivity contribution >= 4 is 23.1 Å². The summed E-state index contributed by atoms with van der Waals surface area (Å²) >= 11 is 0. The number of rotatable bonds is 5. The van der Waals surface area contributed by atoms with Crippen LogP contribution in [0.25, 0.3) is 11.3 Å². The van der Waals surface area contributed by atoms with Gasteiger partial charge in [0.05, 0.1) is 5.69 Å². The minimum atomic E-state index is -0.366. The van der Waals surface area contributed by atoms with E-state index in [-0.39, 0.29) is 28.5 Å². The molecule has 0 aliphatic heterocycles. The summed E-state index contributed by atoms with van der Waals surface area (Å²) in [5, 5.41) is 5.97. The SMILES string of the molecule is Cc1c(NC(=O)c2ccc(C(C)(C)C)cc2)cccc1-c1cn(C)c(=O)c(Nc2ccc(F)cc2)n1. The summed E-state index contributed by atoms with van der Waals surface area (Å²) in [4.78, 5) is 30.2. The van der Waals surface area contributed by atoms with E-state index in [0.717, 1.165) is 16.7 Å². The molecule has 1 amide bonds.